The number of nitrogens with zero attached hydrogens (tertiary/aromatic N) is 1. The first-order valence-electron chi connectivity index (χ1n) is 15.1. The summed E-state index contributed by atoms with van der Waals surface area (Å²) < 4.78 is 11.8. The van der Waals surface area contributed by atoms with Crippen LogP contribution in [0.3, 0.4) is 0 Å². The van der Waals surface area contributed by atoms with Gasteiger partial charge in [-0.2, -0.15) is 0 Å². The average Bonchev–Trinajstić information content (AvgIpc) is 3.08. The number of carbonyl (C=O) groups is 2. The first kappa shape index (κ1) is 27.8. The third-order valence-corrected chi connectivity index (χ3v) is 8.54. The summed E-state index contributed by atoms with van der Waals surface area (Å²) in [6, 6.07) is 41.7. The topological polar surface area (TPSA) is 55.8 Å². The Labute approximate surface area is 256 Å². The minimum atomic E-state index is -0.674. The Morgan fingerprint density at radius 1 is 0.727 bits per heavy atom. The highest BCUT2D eigenvalue weighted by atomic mass is 16.5. The van der Waals surface area contributed by atoms with E-state index in [1.165, 1.54) is 0 Å². The summed E-state index contributed by atoms with van der Waals surface area (Å²) >= 11 is 0. The molecule has 0 spiro atoms. The Morgan fingerprint density at radius 3 is 2.14 bits per heavy atom. The fourth-order valence-electron chi connectivity index (χ4n) is 6.28. The lowest BCUT2D eigenvalue weighted by Crippen LogP contribution is -2.42. The Hall–Kier alpha value is -5.00. The number of morpholine rings is 1. The van der Waals surface area contributed by atoms with E-state index in [-0.39, 0.29) is 12.3 Å². The highest BCUT2D eigenvalue weighted by molar-refractivity contribution is 6.08. The molecule has 0 aromatic heterocycles. The van der Waals surface area contributed by atoms with Gasteiger partial charge in [-0.25, -0.2) is 0 Å². The number of ether oxygens (including phenoxy) is 2. The summed E-state index contributed by atoms with van der Waals surface area (Å²) in [6.45, 7) is 2.07. The van der Waals surface area contributed by atoms with Crippen LogP contribution in [-0.4, -0.2) is 43.1 Å². The van der Waals surface area contributed by atoms with E-state index in [4.69, 9.17) is 9.47 Å². The van der Waals surface area contributed by atoms with E-state index in [0.29, 0.717) is 38.5 Å². The summed E-state index contributed by atoms with van der Waals surface area (Å²) in [6.07, 6.45) is 0.449. The minimum absolute atomic E-state index is 0.0587. The van der Waals surface area contributed by atoms with Crippen LogP contribution in [0.4, 0.5) is 0 Å². The largest absolute Gasteiger partial charge is 0.426 e. The summed E-state index contributed by atoms with van der Waals surface area (Å²) in [5.41, 5.74) is 2.70. The predicted molar refractivity (Wildman–Crippen MR) is 175 cm³/mol. The molecule has 1 amide bonds. The van der Waals surface area contributed by atoms with Crippen LogP contribution in [0.1, 0.15) is 12.0 Å². The molecular weight excluding hydrogens is 546 g/mol. The second-order valence-corrected chi connectivity index (χ2v) is 11.3. The Balaban J connectivity index is 1.29. The first-order valence-corrected chi connectivity index (χ1v) is 15.1. The standard InChI is InChI=1S/C39H32NO4/c41-37(40-21-23-43-24-22-40)26-31(25-30-14-7-12-27-9-1-4-15-32(27)30)39(42)44-36-20-19-29-11-3-6-17-34(29)38(36)35-18-8-13-28-10-2-5-16-33(28)35/h1-17,19-20,31H,21-26H2/t31-/m1/s1. The fourth-order valence-corrected chi connectivity index (χ4v) is 6.28. The van der Waals surface area contributed by atoms with Crippen LogP contribution in [0.25, 0.3) is 43.4 Å². The normalized spacial score (nSPS) is 14.1. The van der Waals surface area contributed by atoms with Crippen molar-refractivity contribution >= 4 is 44.2 Å². The van der Waals surface area contributed by atoms with Gasteiger partial charge in [-0.05, 0) is 56.4 Å². The molecule has 1 aliphatic rings. The quantitative estimate of drug-likeness (QED) is 0.144. The van der Waals surface area contributed by atoms with Crippen LogP contribution in [0.5, 0.6) is 5.75 Å². The Kier molecular flexibility index (Phi) is 7.78. The molecule has 1 radical (unpaired) electrons. The lowest BCUT2D eigenvalue weighted by atomic mass is 9.91. The first-order chi connectivity index (χ1) is 21.7. The summed E-state index contributed by atoms with van der Waals surface area (Å²) in [4.78, 5) is 29.5. The molecule has 1 atom stereocenters. The second kappa shape index (κ2) is 12.3. The number of amides is 1. The maximum Gasteiger partial charge on any atom is 0.315 e. The lowest BCUT2D eigenvalue weighted by molar-refractivity contribution is -0.145. The van der Waals surface area contributed by atoms with Gasteiger partial charge in [0, 0.05) is 30.6 Å². The smallest absolute Gasteiger partial charge is 0.315 e. The number of carbonyl (C=O) groups excluding carboxylic acids is 2. The number of hydrogen-bond acceptors (Lipinski definition) is 4. The molecule has 6 aromatic carbocycles. The molecule has 1 aliphatic heterocycles. The van der Waals surface area contributed by atoms with E-state index in [9.17, 15) is 9.59 Å². The van der Waals surface area contributed by atoms with Gasteiger partial charge in [-0.1, -0.05) is 109 Å². The van der Waals surface area contributed by atoms with Crippen LogP contribution < -0.4 is 4.74 Å². The van der Waals surface area contributed by atoms with Crippen molar-refractivity contribution in [2.45, 2.75) is 12.8 Å². The molecule has 44 heavy (non-hydrogen) atoms. The van der Waals surface area contributed by atoms with Crippen molar-refractivity contribution in [3.8, 4) is 16.9 Å². The number of esters is 1. The third kappa shape index (κ3) is 5.54. The van der Waals surface area contributed by atoms with Crippen molar-refractivity contribution in [3.05, 3.63) is 127 Å². The molecule has 0 aliphatic carbocycles. The number of benzene rings is 6. The molecule has 5 heteroatoms. The monoisotopic (exact) mass is 578 g/mol. The van der Waals surface area contributed by atoms with Gasteiger partial charge in [-0.3, -0.25) is 9.59 Å². The molecule has 0 bridgehead atoms. The molecule has 217 valence electrons. The predicted octanol–water partition coefficient (Wildman–Crippen LogP) is 7.63. The van der Waals surface area contributed by atoms with Crippen molar-refractivity contribution in [1.82, 2.24) is 4.90 Å². The lowest BCUT2D eigenvalue weighted by Gasteiger charge is -2.28. The Morgan fingerprint density at radius 2 is 1.36 bits per heavy atom. The SMILES string of the molecule is O=C(Oc1ccc2ccccc2c1-c1[c]ccc2ccccc12)[C@@H](CC(=O)N1CCOCC1)Cc1cccc2ccccc12. The van der Waals surface area contributed by atoms with Crippen LogP contribution in [0.15, 0.2) is 115 Å². The van der Waals surface area contributed by atoms with Crippen molar-refractivity contribution < 1.29 is 19.1 Å². The van der Waals surface area contributed by atoms with Crippen molar-refractivity contribution in [2.75, 3.05) is 26.3 Å². The second-order valence-electron chi connectivity index (χ2n) is 11.3. The maximum absolute atomic E-state index is 14.2. The summed E-state index contributed by atoms with van der Waals surface area (Å²) in [5.74, 6) is -0.692. The number of fused-ring (bicyclic) bond motifs is 3. The molecule has 1 fully saturated rings. The van der Waals surface area contributed by atoms with Gasteiger partial charge in [0.05, 0.1) is 19.1 Å². The highest BCUT2D eigenvalue weighted by Gasteiger charge is 2.29. The van der Waals surface area contributed by atoms with Crippen LogP contribution in [0, 0.1) is 12.0 Å². The zero-order valence-corrected chi connectivity index (χ0v) is 24.4. The van der Waals surface area contributed by atoms with Gasteiger partial charge in [0.2, 0.25) is 5.91 Å². The Bertz CT molecular complexity index is 1980. The molecule has 0 unspecified atom stereocenters. The highest BCUT2D eigenvalue weighted by Crippen LogP contribution is 2.41. The molecule has 0 N–H and O–H groups in total. The van der Waals surface area contributed by atoms with Crippen LogP contribution in [0.2, 0.25) is 0 Å². The molecule has 1 heterocycles. The van der Waals surface area contributed by atoms with Crippen molar-refractivity contribution in [1.29, 1.82) is 0 Å². The molecule has 5 nitrogen and oxygen atoms in total. The minimum Gasteiger partial charge on any atom is -0.426 e. The maximum atomic E-state index is 14.2. The molecule has 7 rings (SSSR count). The fraction of sp³-hybridized carbons (Fsp3) is 0.179. The molecule has 6 aromatic rings. The van der Waals surface area contributed by atoms with Gasteiger partial charge in [0.25, 0.3) is 0 Å². The van der Waals surface area contributed by atoms with Crippen molar-refractivity contribution in [3.63, 3.8) is 0 Å². The zero-order valence-electron chi connectivity index (χ0n) is 24.4. The number of hydrogen-bond donors (Lipinski definition) is 0. The van der Waals surface area contributed by atoms with Gasteiger partial charge < -0.3 is 14.4 Å². The van der Waals surface area contributed by atoms with Gasteiger partial charge in [0.1, 0.15) is 5.75 Å². The van der Waals surface area contributed by atoms with Crippen molar-refractivity contribution in [2.24, 2.45) is 5.92 Å². The zero-order chi connectivity index (χ0) is 29.9. The van der Waals surface area contributed by atoms with Gasteiger partial charge >= 0.3 is 5.97 Å². The van der Waals surface area contributed by atoms with Gasteiger partial charge in [-0.15, -0.1) is 0 Å². The van der Waals surface area contributed by atoms with Crippen LogP contribution in [-0.2, 0) is 20.7 Å². The molecular formula is C39H32NO4. The third-order valence-electron chi connectivity index (χ3n) is 8.54. The van der Waals surface area contributed by atoms with E-state index in [2.05, 4.69) is 42.5 Å². The summed E-state index contributed by atoms with van der Waals surface area (Å²) in [7, 11) is 0. The molecule has 0 saturated carbocycles. The van der Waals surface area contributed by atoms with E-state index in [1.54, 1.807) is 4.90 Å². The van der Waals surface area contributed by atoms with Gasteiger partial charge in [0.15, 0.2) is 0 Å². The average molecular weight is 579 g/mol. The number of rotatable bonds is 7. The van der Waals surface area contributed by atoms with E-state index in [0.717, 1.165) is 49.0 Å². The summed E-state index contributed by atoms with van der Waals surface area (Å²) in [5, 5.41) is 6.29. The van der Waals surface area contributed by atoms with E-state index < -0.39 is 11.9 Å². The van der Waals surface area contributed by atoms with E-state index in [1.807, 2.05) is 78.9 Å². The van der Waals surface area contributed by atoms with E-state index >= 15 is 0 Å². The van der Waals surface area contributed by atoms with Crippen LogP contribution >= 0.6 is 0 Å². The molecule has 1 saturated heterocycles.